The number of aromatic hydroxyl groups is 1. The summed E-state index contributed by atoms with van der Waals surface area (Å²) >= 11 is 0. The minimum absolute atomic E-state index is 0. The summed E-state index contributed by atoms with van der Waals surface area (Å²) in [5.41, 5.74) is 0.833. The molecule has 17 heavy (non-hydrogen) atoms. The van der Waals surface area contributed by atoms with E-state index in [4.69, 9.17) is 0 Å². The van der Waals surface area contributed by atoms with Crippen LogP contribution in [0.15, 0.2) is 18.2 Å². The van der Waals surface area contributed by atoms with E-state index < -0.39 is 0 Å². The zero-order valence-electron chi connectivity index (χ0n) is 9.66. The summed E-state index contributed by atoms with van der Waals surface area (Å²) in [6.07, 6.45) is 1.11. The van der Waals surface area contributed by atoms with E-state index in [0.717, 1.165) is 44.2 Å². The van der Waals surface area contributed by atoms with Gasteiger partial charge in [-0.1, -0.05) is 0 Å². The molecule has 1 saturated heterocycles. The van der Waals surface area contributed by atoms with E-state index in [1.54, 1.807) is 6.07 Å². The molecule has 0 amide bonds. The summed E-state index contributed by atoms with van der Waals surface area (Å²) in [6, 6.07) is 4.24. The van der Waals surface area contributed by atoms with Gasteiger partial charge in [0.2, 0.25) is 0 Å². The van der Waals surface area contributed by atoms with Gasteiger partial charge >= 0.3 is 0 Å². The first-order valence-electron chi connectivity index (χ1n) is 5.65. The first-order valence-corrected chi connectivity index (χ1v) is 5.65. The Balaban J connectivity index is 0.00000144. The Hall–Kier alpha value is -0.840. The zero-order valence-corrected chi connectivity index (χ0v) is 10.5. The Morgan fingerprint density at radius 3 is 2.82 bits per heavy atom. The molecular formula is C12H18ClFN2O. The molecule has 0 spiro atoms. The molecule has 1 aliphatic heterocycles. The van der Waals surface area contributed by atoms with Crippen LogP contribution in [0.4, 0.5) is 4.39 Å². The predicted molar refractivity (Wildman–Crippen MR) is 68.1 cm³/mol. The van der Waals surface area contributed by atoms with E-state index in [1.165, 1.54) is 6.07 Å². The molecule has 96 valence electrons. The Morgan fingerprint density at radius 2 is 2.06 bits per heavy atom. The van der Waals surface area contributed by atoms with Gasteiger partial charge in [-0.15, -0.1) is 12.4 Å². The van der Waals surface area contributed by atoms with E-state index in [2.05, 4.69) is 10.2 Å². The Kier molecular flexibility index (Phi) is 5.68. The highest BCUT2D eigenvalue weighted by atomic mass is 35.5. The molecule has 0 atom stereocenters. The van der Waals surface area contributed by atoms with Gasteiger partial charge in [0.1, 0.15) is 11.6 Å². The molecule has 0 aliphatic carbocycles. The Bertz CT molecular complexity index is 334. The second kappa shape index (κ2) is 6.79. The van der Waals surface area contributed by atoms with Crippen LogP contribution in [0.5, 0.6) is 5.75 Å². The third-order valence-electron chi connectivity index (χ3n) is 2.78. The Labute approximate surface area is 107 Å². The van der Waals surface area contributed by atoms with Crippen LogP contribution in [0.1, 0.15) is 12.0 Å². The van der Waals surface area contributed by atoms with Crippen LogP contribution < -0.4 is 5.32 Å². The summed E-state index contributed by atoms with van der Waals surface area (Å²) in [4.78, 5) is 2.27. The molecule has 2 N–H and O–H groups in total. The fraction of sp³-hybridized carbons (Fsp3) is 0.500. The van der Waals surface area contributed by atoms with Crippen molar-refractivity contribution in [3.8, 4) is 5.75 Å². The summed E-state index contributed by atoms with van der Waals surface area (Å²) in [5.74, 6) is -0.370. The number of rotatable bonds is 2. The molecule has 1 aliphatic rings. The van der Waals surface area contributed by atoms with Crippen molar-refractivity contribution in [2.45, 2.75) is 13.0 Å². The monoisotopic (exact) mass is 260 g/mol. The first-order chi connectivity index (χ1) is 7.74. The fourth-order valence-corrected chi connectivity index (χ4v) is 2.04. The van der Waals surface area contributed by atoms with Crippen molar-refractivity contribution in [2.75, 3.05) is 26.2 Å². The highest BCUT2D eigenvalue weighted by molar-refractivity contribution is 5.85. The van der Waals surface area contributed by atoms with Gasteiger partial charge in [-0.3, -0.25) is 4.90 Å². The van der Waals surface area contributed by atoms with Crippen molar-refractivity contribution in [1.29, 1.82) is 0 Å². The maximum atomic E-state index is 13.1. The van der Waals surface area contributed by atoms with Gasteiger partial charge < -0.3 is 10.4 Å². The van der Waals surface area contributed by atoms with Gasteiger partial charge in [-0.25, -0.2) is 4.39 Å². The number of hydrogen-bond acceptors (Lipinski definition) is 3. The molecule has 5 heteroatoms. The highest BCUT2D eigenvalue weighted by Crippen LogP contribution is 2.16. The SMILES string of the molecule is Cl.Oc1cc(F)cc(CN2CCCNCC2)c1. The molecule has 0 radical (unpaired) electrons. The molecule has 2 rings (SSSR count). The molecule has 1 aromatic carbocycles. The van der Waals surface area contributed by atoms with Crippen LogP contribution in [-0.4, -0.2) is 36.2 Å². The topological polar surface area (TPSA) is 35.5 Å². The number of nitrogens with zero attached hydrogens (tertiary/aromatic N) is 1. The minimum Gasteiger partial charge on any atom is -0.508 e. The lowest BCUT2D eigenvalue weighted by molar-refractivity contribution is 0.283. The van der Waals surface area contributed by atoms with E-state index in [1.807, 2.05) is 0 Å². The highest BCUT2D eigenvalue weighted by Gasteiger charge is 2.10. The maximum Gasteiger partial charge on any atom is 0.127 e. The van der Waals surface area contributed by atoms with Crippen molar-refractivity contribution in [1.82, 2.24) is 10.2 Å². The lowest BCUT2D eigenvalue weighted by Gasteiger charge is -2.19. The van der Waals surface area contributed by atoms with Gasteiger partial charge in [0.15, 0.2) is 0 Å². The van der Waals surface area contributed by atoms with Crippen LogP contribution in [-0.2, 0) is 6.54 Å². The minimum atomic E-state index is -0.372. The average Bonchev–Trinajstić information content (AvgIpc) is 2.44. The fourth-order valence-electron chi connectivity index (χ4n) is 2.04. The van der Waals surface area contributed by atoms with E-state index in [-0.39, 0.29) is 24.0 Å². The van der Waals surface area contributed by atoms with Crippen molar-refractivity contribution < 1.29 is 9.50 Å². The normalized spacial score (nSPS) is 17.2. The van der Waals surface area contributed by atoms with Crippen LogP contribution in [0.3, 0.4) is 0 Å². The van der Waals surface area contributed by atoms with Crippen LogP contribution in [0.25, 0.3) is 0 Å². The quantitative estimate of drug-likeness (QED) is 0.851. The molecular weight excluding hydrogens is 243 g/mol. The summed E-state index contributed by atoms with van der Waals surface area (Å²) in [7, 11) is 0. The third-order valence-corrected chi connectivity index (χ3v) is 2.78. The standard InChI is InChI=1S/C12H17FN2O.ClH/c13-11-6-10(7-12(16)8-11)9-15-4-1-2-14-3-5-15;/h6-8,14,16H,1-5,9H2;1H. The number of hydrogen-bond donors (Lipinski definition) is 2. The number of benzene rings is 1. The van der Waals surface area contributed by atoms with Crippen molar-refractivity contribution in [3.05, 3.63) is 29.6 Å². The smallest absolute Gasteiger partial charge is 0.127 e. The lowest BCUT2D eigenvalue weighted by Crippen LogP contribution is -2.27. The number of halogens is 2. The van der Waals surface area contributed by atoms with Gasteiger partial charge in [-0.2, -0.15) is 0 Å². The molecule has 0 aromatic heterocycles. The number of phenolic OH excluding ortho intramolecular Hbond substituents is 1. The molecule has 0 saturated carbocycles. The first kappa shape index (κ1) is 14.2. The van der Waals surface area contributed by atoms with Gasteiger partial charge in [0, 0.05) is 25.7 Å². The summed E-state index contributed by atoms with van der Waals surface area (Å²) in [5, 5.41) is 12.6. The largest absolute Gasteiger partial charge is 0.508 e. The summed E-state index contributed by atoms with van der Waals surface area (Å²) < 4.78 is 13.1. The molecule has 0 bridgehead atoms. The predicted octanol–water partition coefficient (Wildman–Crippen LogP) is 1.75. The Morgan fingerprint density at radius 1 is 1.24 bits per heavy atom. The van der Waals surface area contributed by atoms with Crippen LogP contribution in [0, 0.1) is 5.82 Å². The zero-order chi connectivity index (χ0) is 11.4. The molecule has 1 fully saturated rings. The average molecular weight is 261 g/mol. The van der Waals surface area contributed by atoms with Crippen molar-refractivity contribution >= 4 is 12.4 Å². The van der Waals surface area contributed by atoms with E-state index in [9.17, 15) is 9.50 Å². The summed E-state index contributed by atoms with van der Waals surface area (Å²) in [6.45, 7) is 4.71. The molecule has 1 aromatic rings. The van der Waals surface area contributed by atoms with Crippen molar-refractivity contribution in [3.63, 3.8) is 0 Å². The van der Waals surface area contributed by atoms with Crippen LogP contribution >= 0.6 is 12.4 Å². The second-order valence-electron chi connectivity index (χ2n) is 4.20. The molecule has 0 unspecified atom stereocenters. The maximum absolute atomic E-state index is 13.1. The molecule has 1 heterocycles. The lowest BCUT2D eigenvalue weighted by atomic mass is 10.2. The van der Waals surface area contributed by atoms with Gasteiger partial charge in [0.25, 0.3) is 0 Å². The van der Waals surface area contributed by atoms with Crippen molar-refractivity contribution in [2.24, 2.45) is 0 Å². The van der Waals surface area contributed by atoms with Crippen LogP contribution in [0.2, 0.25) is 0 Å². The third kappa shape index (κ3) is 4.50. The van der Waals surface area contributed by atoms with E-state index >= 15 is 0 Å². The van der Waals surface area contributed by atoms with Gasteiger partial charge in [-0.05, 0) is 37.2 Å². The van der Waals surface area contributed by atoms with Gasteiger partial charge in [0.05, 0.1) is 0 Å². The number of phenols is 1. The second-order valence-corrected chi connectivity index (χ2v) is 4.20. The van der Waals surface area contributed by atoms with E-state index in [0.29, 0.717) is 6.54 Å². The molecule has 3 nitrogen and oxygen atoms in total. The number of nitrogens with one attached hydrogen (secondary N) is 1.